The molecule has 2 N–H and O–H groups in total. The zero-order chi connectivity index (χ0) is 12.7. The highest BCUT2D eigenvalue weighted by Crippen LogP contribution is 1.97. The van der Waals surface area contributed by atoms with E-state index in [1.807, 2.05) is 7.05 Å². The third kappa shape index (κ3) is 4.77. The number of nitrogens with one attached hydrogen (secondary N) is 2. The van der Waals surface area contributed by atoms with E-state index in [0.29, 0.717) is 12.4 Å². The molecule has 1 rings (SSSR count). The summed E-state index contributed by atoms with van der Waals surface area (Å²) in [4.78, 5) is 3.72. The van der Waals surface area contributed by atoms with Crippen LogP contribution in [0.1, 0.15) is 12.2 Å². The minimum absolute atomic E-state index is 0.0230. The van der Waals surface area contributed by atoms with E-state index in [0.717, 1.165) is 19.4 Å². The minimum atomic E-state index is -3.48. The van der Waals surface area contributed by atoms with Crippen LogP contribution >= 0.6 is 0 Å². The molecule has 0 unspecified atom stereocenters. The largest absolute Gasteiger partial charge is 0.343 e. The standard InChI is InChI=1S/C8H17N5O3S/c1-9-4-3-5-13(2)17(14,15)11-6-8-10-7-16-12-8/h7,9,11H,3-6H2,1-2H3. The molecule has 0 aliphatic carbocycles. The van der Waals surface area contributed by atoms with Gasteiger partial charge < -0.3 is 9.84 Å². The fourth-order valence-corrected chi connectivity index (χ4v) is 2.04. The van der Waals surface area contributed by atoms with Gasteiger partial charge in [-0.15, -0.1) is 0 Å². The Morgan fingerprint density at radius 3 is 2.88 bits per heavy atom. The maximum Gasteiger partial charge on any atom is 0.279 e. The SMILES string of the molecule is CNCCCN(C)S(=O)(=O)NCc1ncon1. The van der Waals surface area contributed by atoms with Crippen molar-refractivity contribution in [1.29, 1.82) is 0 Å². The van der Waals surface area contributed by atoms with Crippen LogP contribution in [-0.2, 0) is 16.8 Å². The summed E-state index contributed by atoms with van der Waals surface area (Å²) < 4.78 is 31.6. The Kier molecular flexibility index (Phi) is 5.48. The smallest absolute Gasteiger partial charge is 0.279 e. The lowest BCUT2D eigenvalue weighted by atomic mass is 10.4. The van der Waals surface area contributed by atoms with Gasteiger partial charge in [0, 0.05) is 13.6 Å². The van der Waals surface area contributed by atoms with E-state index >= 15 is 0 Å². The van der Waals surface area contributed by atoms with Crippen LogP contribution in [0.2, 0.25) is 0 Å². The van der Waals surface area contributed by atoms with E-state index in [2.05, 4.69) is 24.7 Å². The van der Waals surface area contributed by atoms with Crippen LogP contribution in [0.15, 0.2) is 10.9 Å². The second kappa shape index (κ2) is 6.64. The van der Waals surface area contributed by atoms with Crippen molar-refractivity contribution in [1.82, 2.24) is 24.5 Å². The average molecular weight is 263 g/mol. The van der Waals surface area contributed by atoms with Crippen molar-refractivity contribution >= 4 is 10.2 Å². The predicted molar refractivity (Wildman–Crippen MR) is 61.2 cm³/mol. The van der Waals surface area contributed by atoms with Crippen LogP contribution in [0.25, 0.3) is 0 Å². The second-order valence-electron chi connectivity index (χ2n) is 3.45. The predicted octanol–water partition coefficient (Wildman–Crippen LogP) is -1.05. The van der Waals surface area contributed by atoms with E-state index < -0.39 is 10.2 Å². The van der Waals surface area contributed by atoms with Gasteiger partial charge in [-0.2, -0.15) is 22.4 Å². The highest BCUT2D eigenvalue weighted by molar-refractivity contribution is 7.87. The van der Waals surface area contributed by atoms with Crippen molar-refractivity contribution in [2.75, 3.05) is 27.2 Å². The molecule has 0 saturated heterocycles. The molecule has 1 aromatic rings. The van der Waals surface area contributed by atoms with Crippen molar-refractivity contribution in [3.05, 3.63) is 12.2 Å². The molecule has 1 heterocycles. The molecule has 0 aromatic carbocycles. The molecule has 0 atom stereocenters. The second-order valence-corrected chi connectivity index (χ2v) is 5.31. The molecular formula is C8H17N5O3S. The molecule has 17 heavy (non-hydrogen) atoms. The maximum absolute atomic E-state index is 11.7. The average Bonchev–Trinajstić information content (AvgIpc) is 2.79. The normalized spacial score (nSPS) is 12.2. The first-order chi connectivity index (χ1) is 8.06. The Balaban J connectivity index is 2.39. The molecule has 9 heteroatoms. The first-order valence-electron chi connectivity index (χ1n) is 5.17. The summed E-state index contributed by atoms with van der Waals surface area (Å²) in [6.45, 7) is 1.24. The van der Waals surface area contributed by atoms with Crippen molar-refractivity contribution < 1.29 is 12.9 Å². The molecular weight excluding hydrogens is 246 g/mol. The number of rotatable bonds is 8. The topological polar surface area (TPSA) is 100 Å². The van der Waals surface area contributed by atoms with Gasteiger partial charge in [0.15, 0.2) is 5.82 Å². The Labute approximate surface area is 101 Å². The molecule has 0 aliphatic rings. The van der Waals surface area contributed by atoms with E-state index in [1.165, 1.54) is 11.4 Å². The van der Waals surface area contributed by atoms with Crippen LogP contribution < -0.4 is 10.0 Å². The molecule has 0 spiro atoms. The lowest BCUT2D eigenvalue weighted by molar-refractivity contribution is 0.407. The summed E-state index contributed by atoms with van der Waals surface area (Å²) in [5.41, 5.74) is 0. The van der Waals surface area contributed by atoms with E-state index in [-0.39, 0.29) is 6.54 Å². The van der Waals surface area contributed by atoms with Crippen LogP contribution in [-0.4, -0.2) is 50.0 Å². The van der Waals surface area contributed by atoms with Gasteiger partial charge in [-0.05, 0) is 20.0 Å². The summed E-state index contributed by atoms with van der Waals surface area (Å²) in [6.07, 6.45) is 1.90. The van der Waals surface area contributed by atoms with Gasteiger partial charge in [-0.3, -0.25) is 0 Å². The van der Waals surface area contributed by atoms with E-state index in [4.69, 9.17) is 0 Å². The molecule has 0 bridgehead atoms. The fraction of sp³-hybridized carbons (Fsp3) is 0.750. The quantitative estimate of drug-likeness (QED) is 0.580. The van der Waals surface area contributed by atoms with Gasteiger partial charge in [0.1, 0.15) is 0 Å². The van der Waals surface area contributed by atoms with Gasteiger partial charge in [-0.25, -0.2) is 0 Å². The Morgan fingerprint density at radius 1 is 1.53 bits per heavy atom. The first kappa shape index (κ1) is 14.0. The molecule has 0 radical (unpaired) electrons. The Morgan fingerprint density at radius 2 is 2.29 bits per heavy atom. The minimum Gasteiger partial charge on any atom is -0.343 e. The Hall–Kier alpha value is -1.03. The molecule has 98 valence electrons. The molecule has 8 nitrogen and oxygen atoms in total. The molecule has 0 aliphatic heterocycles. The summed E-state index contributed by atoms with van der Waals surface area (Å²) in [5, 5.41) is 6.47. The van der Waals surface area contributed by atoms with Crippen molar-refractivity contribution in [2.24, 2.45) is 0 Å². The zero-order valence-corrected chi connectivity index (χ0v) is 10.7. The van der Waals surface area contributed by atoms with E-state index in [9.17, 15) is 8.42 Å². The monoisotopic (exact) mass is 263 g/mol. The van der Waals surface area contributed by atoms with Gasteiger partial charge in [-0.1, -0.05) is 5.16 Å². The van der Waals surface area contributed by atoms with Crippen molar-refractivity contribution in [3.63, 3.8) is 0 Å². The summed E-state index contributed by atoms with van der Waals surface area (Å²) in [5.74, 6) is 0.303. The highest BCUT2D eigenvalue weighted by Gasteiger charge is 2.17. The Bertz CT molecular complexity index is 405. The van der Waals surface area contributed by atoms with Gasteiger partial charge in [0.25, 0.3) is 10.2 Å². The summed E-state index contributed by atoms with van der Waals surface area (Å²) >= 11 is 0. The summed E-state index contributed by atoms with van der Waals surface area (Å²) in [6, 6.07) is 0. The van der Waals surface area contributed by atoms with Gasteiger partial charge >= 0.3 is 0 Å². The van der Waals surface area contributed by atoms with Crippen LogP contribution in [0.5, 0.6) is 0 Å². The molecule has 0 saturated carbocycles. The van der Waals surface area contributed by atoms with Gasteiger partial charge in [0.2, 0.25) is 6.39 Å². The number of nitrogens with zero attached hydrogens (tertiary/aromatic N) is 3. The lowest BCUT2D eigenvalue weighted by Gasteiger charge is -2.16. The van der Waals surface area contributed by atoms with Crippen LogP contribution in [0.4, 0.5) is 0 Å². The van der Waals surface area contributed by atoms with Crippen molar-refractivity contribution in [2.45, 2.75) is 13.0 Å². The highest BCUT2D eigenvalue weighted by atomic mass is 32.2. The zero-order valence-electron chi connectivity index (χ0n) is 9.88. The molecule has 0 amide bonds. The first-order valence-corrected chi connectivity index (χ1v) is 6.61. The molecule has 0 fully saturated rings. The molecule has 1 aromatic heterocycles. The number of hydrogen-bond donors (Lipinski definition) is 2. The third-order valence-electron chi connectivity index (χ3n) is 2.13. The maximum atomic E-state index is 11.7. The third-order valence-corrected chi connectivity index (χ3v) is 3.64. The number of hydrogen-bond acceptors (Lipinski definition) is 6. The summed E-state index contributed by atoms with van der Waals surface area (Å²) in [7, 11) is -0.138. The van der Waals surface area contributed by atoms with Crippen LogP contribution in [0, 0.1) is 0 Å². The van der Waals surface area contributed by atoms with Crippen LogP contribution in [0.3, 0.4) is 0 Å². The van der Waals surface area contributed by atoms with Crippen molar-refractivity contribution in [3.8, 4) is 0 Å². The van der Waals surface area contributed by atoms with Gasteiger partial charge in [0.05, 0.1) is 6.54 Å². The number of aromatic nitrogens is 2. The fourth-order valence-electron chi connectivity index (χ4n) is 1.13. The van der Waals surface area contributed by atoms with E-state index in [1.54, 1.807) is 0 Å². The lowest BCUT2D eigenvalue weighted by Crippen LogP contribution is -2.39.